The summed E-state index contributed by atoms with van der Waals surface area (Å²) in [5.41, 5.74) is 0. The van der Waals surface area contributed by atoms with E-state index in [0.29, 0.717) is 19.3 Å². The van der Waals surface area contributed by atoms with Crippen LogP contribution in [0.25, 0.3) is 0 Å². The SMILES string of the molecule is CCCCCCCCCCCCCCCCCCCC(=O)OCC(O)COC(=O)[C@H]1CCC(=O)N1. The summed E-state index contributed by atoms with van der Waals surface area (Å²) in [5, 5.41) is 12.3. The standard InChI is InChI=1S/C28H51NO6/c1-2-3-4-5-6-7-8-9-10-11-12-13-14-15-16-17-18-19-27(32)34-22-24(30)23-35-28(33)25-20-21-26(31)29-25/h24-25,30H,2-23H2,1H3,(H,29,31)/t24?,25-/m1/s1. The van der Waals surface area contributed by atoms with E-state index in [0.717, 1.165) is 19.3 Å². The van der Waals surface area contributed by atoms with Crippen molar-refractivity contribution in [1.29, 1.82) is 0 Å². The lowest BCUT2D eigenvalue weighted by Crippen LogP contribution is -2.36. The van der Waals surface area contributed by atoms with E-state index in [2.05, 4.69) is 12.2 Å². The average Bonchev–Trinajstić information content (AvgIpc) is 3.29. The van der Waals surface area contributed by atoms with Crippen LogP contribution in [0.4, 0.5) is 0 Å². The van der Waals surface area contributed by atoms with E-state index < -0.39 is 18.1 Å². The van der Waals surface area contributed by atoms with Gasteiger partial charge in [0.1, 0.15) is 25.4 Å². The van der Waals surface area contributed by atoms with Gasteiger partial charge in [0.2, 0.25) is 5.91 Å². The van der Waals surface area contributed by atoms with E-state index in [1.807, 2.05) is 0 Å². The molecule has 0 aromatic rings. The molecule has 7 heteroatoms. The van der Waals surface area contributed by atoms with Crippen LogP contribution in [-0.4, -0.2) is 48.3 Å². The maximum Gasteiger partial charge on any atom is 0.328 e. The Balaban J connectivity index is 1.81. The molecule has 1 rings (SSSR count). The van der Waals surface area contributed by atoms with Crippen LogP contribution >= 0.6 is 0 Å². The van der Waals surface area contributed by atoms with Crippen LogP contribution in [0.2, 0.25) is 0 Å². The Bertz CT molecular complexity index is 568. The molecule has 1 aliphatic rings. The van der Waals surface area contributed by atoms with Crippen LogP contribution in [0.5, 0.6) is 0 Å². The molecule has 1 amide bonds. The molecule has 204 valence electrons. The Morgan fingerprint density at radius 1 is 0.800 bits per heavy atom. The topological polar surface area (TPSA) is 102 Å². The maximum atomic E-state index is 11.8. The molecule has 0 saturated carbocycles. The summed E-state index contributed by atoms with van der Waals surface area (Å²) in [4.78, 5) is 34.7. The molecule has 1 fully saturated rings. The van der Waals surface area contributed by atoms with Gasteiger partial charge < -0.3 is 19.9 Å². The number of amides is 1. The van der Waals surface area contributed by atoms with Gasteiger partial charge >= 0.3 is 11.9 Å². The number of aliphatic hydroxyl groups excluding tert-OH is 1. The first-order valence-corrected chi connectivity index (χ1v) is 14.3. The maximum absolute atomic E-state index is 11.8. The Kier molecular flexibility index (Phi) is 19.4. The number of carbonyl (C=O) groups excluding carboxylic acids is 3. The minimum absolute atomic E-state index is 0.175. The molecule has 1 saturated heterocycles. The van der Waals surface area contributed by atoms with E-state index in [-0.39, 0.29) is 25.1 Å². The van der Waals surface area contributed by atoms with Gasteiger partial charge in [-0.05, 0) is 12.8 Å². The fraction of sp³-hybridized carbons (Fsp3) is 0.893. The van der Waals surface area contributed by atoms with Crippen molar-refractivity contribution in [3.05, 3.63) is 0 Å². The van der Waals surface area contributed by atoms with Crippen molar-refractivity contribution in [2.24, 2.45) is 0 Å². The molecule has 7 nitrogen and oxygen atoms in total. The summed E-state index contributed by atoms with van der Waals surface area (Å²) in [6.07, 6.45) is 22.0. The van der Waals surface area contributed by atoms with Crippen molar-refractivity contribution in [3.63, 3.8) is 0 Å². The molecule has 0 bridgehead atoms. The summed E-state index contributed by atoms with van der Waals surface area (Å²) in [5.74, 6) is -1.07. The van der Waals surface area contributed by atoms with Crippen molar-refractivity contribution in [2.75, 3.05) is 13.2 Å². The highest BCUT2D eigenvalue weighted by molar-refractivity contribution is 5.88. The molecule has 0 radical (unpaired) electrons. The molecule has 1 unspecified atom stereocenters. The van der Waals surface area contributed by atoms with Crippen LogP contribution in [0.3, 0.4) is 0 Å². The predicted molar refractivity (Wildman–Crippen MR) is 138 cm³/mol. The third kappa shape index (κ3) is 18.3. The van der Waals surface area contributed by atoms with Gasteiger partial charge in [-0.15, -0.1) is 0 Å². The fourth-order valence-corrected chi connectivity index (χ4v) is 4.37. The fourth-order valence-electron chi connectivity index (χ4n) is 4.37. The van der Waals surface area contributed by atoms with Crippen molar-refractivity contribution in [2.45, 2.75) is 147 Å². The largest absolute Gasteiger partial charge is 0.463 e. The molecule has 1 aliphatic heterocycles. The van der Waals surface area contributed by atoms with Gasteiger partial charge in [-0.25, -0.2) is 4.79 Å². The van der Waals surface area contributed by atoms with Crippen LogP contribution in [0.1, 0.15) is 135 Å². The highest BCUT2D eigenvalue weighted by Gasteiger charge is 2.28. The molecule has 2 N–H and O–H groups in total. The number of nitrogens with one attached hydrogen (secondary N) is 1. The lowest BCUT2D eigenvalue weighted by atomic mass is 10.0. The van der Waals surface area contributed by atoms with E-state index in [1.54, 1.807) is 0 Å². The Morgan fingerprint density at radius 2 is 1.26 bits per heavy atom. The third-order valence-corrected chi connectivity index (χ3v) is 6.62. The summed E-state index contributed by atoms with van der Waals surface area (Å²) in [7, 11) is 0. The van der Waals surface area contributed by atoms with E-state index in [1.165, 1.54) is 89.9 Å². The Labute approximate surface area is 213 Å². The number of esters is 2. The second-order valence-corrected chi connectivity index (χ2v) is 10.0. The molecule has 0 aromatic carbocycles. The van der Waals surface area contributed by atoms with Crippen molar-refractivity contribution >= 4 is 17.8 Å². The summed E-state index contributed by atoms with van der Waals surface area (Å²) >= 11 is 0. The number of ether oxygens (including phenoxy) is 2. The first-order valence-electron chi connectivity index (χ1n) is 14.3. The highest BCUT2D eigenvalue weighted by atomic mass is 16.6. The first-order chi connectivity index (χ1) is 17.0. The van der Waals surface area contributed by atoms with Gasteiger partial charge in [0.15, 0.2) is 0 Å². The van der Waals surface area contributed by atoms with Gasteiger partial charge in [-0.2, -0.15) is 0 Å². The van der Waals surface area contributed by atoms with Gasteiger partial charge in [0.25, 0.3) is 0 Å². The quantitative estimate of drug-likeness (QED) is 0.138. The molecular formula is C28H51NO6. The predicted octanol–water partition coefficient (Wildman–Crippen LogP) is 5.75. The smallest absolute Gasteiger partial charge is 0.328 e. The van der Waals surface area contributed by atoms with Crippen LogP contribution in [0.15, 0.2) is 0 Å². The molecule has 0 aromatic heterocycles. The summed E-state index contributed by atoms with van der Waals surface area (Å²) in [6, 6.07) is -0.642. The minimum atomic E-state index is -1.06. The van der Waals surface area contributed by atoms with Crippen LogP contribution < -0.4 is 5.32 Å². The molecule has 0 spiro atoms. The zero-order valence-electron chi connectivity index (χ0n) is 22.2. The first kappa shape index (κ1) is 31.4. The number of hydrogen-bond acceptors (Lipinski definition) is 6. The third-order valence-electron chi connectivity index (χ3n) is 6.62. The second-order valence-electron chi connectivity index (χ2n) is 10.0. The van der Waals surface area contributed by atoms with Crippen LogP contribution in [0, 0.1) is 0 Å². The lowest BCUT2D eigenvalue weighted by molar-refractivity contribution is -0.154. The monoisotopic (exact) mass is 497 g/mol. The van der Waals surface area contributed by atoms with Gasteiger partial charge in [-0.1, -0.05) is 110 Å². The van der Waals surface area contributed by atoms with Gasteiger partial charge in [0.05, 0.1) is 0 Å². The van der Waals surface area contributed by atoms with Gasteiger partial charge in [-0.3, -0.25) is 9.59 Å². The number of aliphatic hydroxyl groups is 1. The second kappa shape index (κ2) is 21.6. The number of rotatable bonds is 23. The number of unbranched alkanes of at least 4 members (excludes halogenated alkanes) is 16. The zero-order chi connectivity index (χ0) is 25.6. The van der Waals surface area contributed by atoms with Crippen LogP contribution in [-0.2, 0) is 23.9 Å². The molecule has 1 heterocycles. The van der Waals surface area contributed by atoms with Crippen molar-refractivity contribution in [1.82, 2.24) is 5.32 Å². The molecular weight excluding hydrogens is 446 g/mol. The van der Waals surface area contributed by atoms with E-state index >= 15 is 0 Å². The van der Waals surface area contributed by atoms with E-state index in [4.69, 9.17) is 9.47 Å². The van der Waals surface area contributed by atoms with E-state index in [9.17, 15) is 19.5 Å². The Hall–Kier alpha value is -1.63. The van der Waals surface area contributed by atoms with Crippen molar-refractivity contribution < 1.29 is 29.0 Å². The Morgan fingerprint density at radius 3 is 1.71 bits per heavy atom. The highest BCUT2D eigenvalue weighted by Crippen LogP contribution is 2.14. The lowest BCUT2D eigenvalue weighted by Gasteiger charge is -2.14. The zero-order valence-corrected chi connectivity index (χ0v) is 22.2. The molecule has 35 heavy (non-hydrogen) atoms. The minimum Gasteiger partial charge on any atom is -0.463 e. The molecule has 2 atom stereocenters. The number of hydrogen-bond donors (Lipinski definition) is 2. The number of carbonyl (C=O) groups is 3. The van der Waals surface area contributed by atoms with Gasteiger partial charge in [0, 0.05) is 12.8 Å². The molecule has 0 aliphatic carbocycles. The van der Waals surface area contributed by atoms with Crippen molar-refractivity contribution in [3.8, 4) is 0 Å². The normalized spacial score (nSPS) is 16.2. The summed E-state index contributed by atoms with van der Waals surface area (Å²) < 4.78 is 10.0. The summed E-state index contributed by atoms with van der Waals surface area (Å²) in [6.45, 7) is 1.82. The average molecular weight is 498 g/mol.